The number of aromatic hydroxyl groups is 1. The number of fused-ring (bicyclic) bond motifs is 3. The highest BCUT2D eigenvalue weighted by atomic mass is 19.1. The van der Waals surface area contributed by atoms with Crippen molar-refractivity contribution in [3.63, 3.8) is 0 Å². The Kier molecular flexibility index (Phi) is 5.02. The van der Waals surface area contributed by atoms with E-state index >= 15 is 0 Å². The average Bonchev–Trinajstić information content (AvgIpc) is 3.22. The van der Waals surface area contributed by atoms with Crippen molar-refractivity contribution in [2.45, 2.75) is 6.54 Å². The molecule has 0 bridgehead atoms. The van der Waals surface area contributed by atoms with Gasteiger partial charge in [0.25, 0.3) is 5.91 Å². The predicted molar refractivity (Wildman–Crippen MR) is 120 cm³/mol. The molecular weight excluding hydrogens is 423 g/mol. The van der Waals surface area contributed by atoms with Gasteiger partial charge in [-0.15, -0.1) is 0 Å². The van der Waals surface area contributed by atoms with E-state index in [1.807, 2.05) is 24.3 Å². The molecule has 0 atom stereocenters. The third-order valence-electron chi connectivity index (χ3n) is 5.27. The number of nitrogens with one attached hydrogen (secondary N) is 1. The van der Waals surface area contributed by atoms with Gasteiger partial charge in [-0.1, -0.05) is 18.2 Å². The number of phenolic OH excluding ortho intramolecular Hbond substituents is 1. The van der Waals surface area contributed by atoms with Crippen LogP contribution >= 0.6 is 0 Å². The zero-order chi connectivity index (χ0) is 22.9. The SMILES string of the molecule is O=C(c1cc(C(=O)NCc2ccccn2)c2nc3ccccc3n2c1)c1cc(F)ccc1O. The van der Waals surface area contributed by atoms with E-state index in [0.717, 1.165) is 18.2 Å². The normalized spacial score (nSPS) is 11.1. The molecule has 5 rings (SSSR count). The molecule has 0 radical (unpaired) electrons. The smallest absolute Gasteiger partial charge is 0.255 e. The quantitative estimate of drug-likeness (QED) is 0.404. The van der Waals surface area contributed by atoms with Crippen molar-refractivity contribution in [3.8, 4) is 5.75 Å². The van der Waals surface area contributed by atoms with Gasteiger partial charge in [0.2, 0.25) is 0 Å². The van der Waals surface area contributed by atoms with Crippen molar-refractivity contribution in [3.05, 3.63) is 107 Å². The number of carbonyl (C=O) groups is 2. The number of imidazole rings is 1. The zero-order valence-electron chi connectivity index (χ0n) is 17.2. The standard InChI is InChI=1S/C25H17FN4O3/c26-16-8-9-22(31)18(12-16)23(32)15-11-19(25(33)28-13-17-5-3-4-10-27-17)24-29-20-6-1-2-7-21(20)30(24)14-15/h1-12,14,31H,13H2,(H,28,33). The van der Waals surface area contributed by atoms with Gasteiger partial charge in [0.15, 0.2) is 11.4 Å². The van der Waals surface area contributed by atoms with Crippen LogP contribution in [0.4, 0.5) is 4.39 Å². The van der Waals surface area contributed by atoms with Gasteiger partial charge in [0.05, 0.1) is 34.4 Å². The number of halogens is 1. The summed E-state index contributed by atoms with van der Waals surface area (Å²) >= 11 is 0. The lowest BCUT2D eigenvalue weighted by Gasteiger charge is -2.10. The minimum Gasteiger partial charge on any atom is -0.507 e. The van der Waals surface area contributed by atoms with Crippen LogP contribution in [0, 0.1) is 5.82 Å². The molecule has 33 heavy (non-hydrogen) atoms. The third-order valence-corrected chi connectivity index (χ3v) is 5.27. The molecule has 0 saturated heterocycles. The Hall–Kier alpha value is -4.59. The van der Waals surface area contributed by atoms with Gasteiger partial charge in [0, 0.05) is 18.0 Å². The number of ketones is 1. The fraction of sp³-hybridized carbons (Fsp3) is 0.0400. The van der Waals surface area contributed by atoms with Gasteiger partial charge in [-0.2, -0.15) is 0 Å². The number of aromatic nitrogens is 3. The molecule has 162 valence electrons. The summed E-state index contributed by atoms with van der Waals surface area (Å²) in [4.78, 5) is 35.1. The Bertz CT molecular complexity index is 1530. The summed E-state index contributed by atoms with van der Waals surface area (Å²) < 4.78 is 15.4. The Morgan fingerprint density at radius 3 is 2.64 bits per heavy atom. The van der Waals surface area contributed by atoms with Crippen LogP contribution in [-0.4, -0.2) is 31.2 Å². The number of pyridine rings is 2. The topological polar surface area (TPSA) is 96.6 Å². The van der Waals surface area contributed by atoms with E-state index in [-0.39, 0.29) is 29.0 Å². The summed E-state index contributed by atoms with van der Waals surface area (Å²) in [7, 11) is 0. The van der Waals surface area contributed by atoms with Crippen LogP contribution in [0.1, 0.15) is 32.0 Å². The van der Waals surface area contributed by atoms with Crippen molar-refractivity contribution in [2.75, 3.05) is 0 Å². The second-order valence-electron chi connectivity index (χ2n) is 7.43. The molecule has 7 nitrogen and oxygen atoms in total. The molecule has 2 N–H and O–H groups in total. The molecule has 0 spiro atoms. The number of carbonyl (C=O) groups excluding carboxylic acids is 2. The summed E-state index contributed by atoms with van der Waals surface area (Å²) in [5, 5.41) is 12.9. The molecule has 5 aromatic rings. The number of phenols is 1. The largest absolute Gasteiger partial charge is 0.507 e. The first-order valence-electron chi connectivity index (χ1n) is 10.1. The summed E-state index contributed by atoms with van der Waals surface area (Å²) in [6, 6.07) is 17.2. The van der Waals surface area contributed by atoms with Crippen molar-refractivity contribution in [2.24, 2.45) is 0 Å². The Labute approximate surface area is 187 Å². The van der Waals surface area contributed by atoms with Crippen LogP contribution < -0.4 is 5.32 Å². The van der Waals surface area contributed by atoms with Gasteiger partial charge < -0.3 is 10.4 Å². The first-order valence-corrected chi connectivity index (χ1v) is 10.1. The first kappa shape index (κ1) is 20.3. The van der Waals surface area contributed by atoms with E-state index in [2.05, 4.69) is 15.3 Å². The third kappa shape index (κ3) is 3.78. The van der Waals surface area contributed by atoms with E-state index < -0.39 is 17.5 Å². The van der Waals surface area contributed by atoms with Gasteiger partial charge >= 0.3 is 0 Å². The number of amides is 1. The minimum atomic E-state index is -0.654. The molecule has 0 aliphatic carbocycles. The molecule has 0 saturated carbocycles. The summed E-state index contributed by atoms with van der Waals surface area (Å²) in [6.45, 7) is 0.189. The molecule has 0 fully saturated rings. The first-order chi connectivity index (χ1) is 16.0. The van der Waals surface area contributed by atoms with E-state index in [1.54, 1.807) is 28.8 Å². The number of para-hydroxylation sites is 2. The number of nitrogens with zero attached hydrogens (tertiary/aromatic N) is 3. The van der Waals surface area contributed by atoms with Crippen LogP contribution in [-0.2, 0) is 6.54 Å². The van der Waals surface area contributed by atoms with Crippen LogP contribution in [0.15, 0.2) is 79.1 Å². The summed E-state index contributed by atoms with van der Waals surface area (Å²) in [6.07, 6.45) is 3.17. The second-order valence-corrected chi connectivity index (χ2v) is 7.43. The fourth-order valence-corrected chi connectivity index (χ4v) is 3.67. The molecule has 1 amide bonds. The monoisotopic (exact) mass is 440 g/mol. The van der Waals surface area contributed by atoms with Crippen LogP contribution in [0.2, 0.25) is 0 Å². The minimum absolute atomic E-state index is 0.106. The van der Waals surface area contributed by atoms with Crippen molar-refractivity contribution in [1.82, 2.24) is 19.7 Å². The lowest BCUT2D eigenvalue weighted by Crippen LogP contribution is -2.24. The average molecular weight is 440 g/mol. The number of hydrogen-bond acceptors (Lipinski definition) is 5. The maximum absolute atomic E-state index is 13.8. The fourth-order valence-electron chi connectivity index (χ4n) is 3.67. The number of hydrogen-bond donors (Lipinski definition) is 2. The van der Waals surface area contributed by atoms with Gasteiger partial charge in [-0.25, -0.2) is 9.37 Å². The van der Waals surface area contributed by atoms with Crippen molar-refractivity contribution < 1.29 is 19.1 Å². The molecule has 3 aromatic heterocycles. The summed E-state index contributed by atoms with van der Waals surface area (Å²) in [5.41, 5.74) is 2.47. The van der Waals surface area contributed by atoms with E-state index in [4.69, 9.17) is 0 Å². The molecule has 0 aliphatic heterocycles. The van der Waals surface area contributed by atoms with Crippen LogP contribution in [0.3, 0.4) is 0 Å². The molecule has 0 aliphatic rings. The van der Waals surface area contributed by atoms with Gasteiger partial charge in [-0.3, -0.25) is 19.0 Å². The highest BCUT2D eigenvalue weighted by Crippen LogP contribution is 2.25. The predicted octanol–water partition coefficient (Wildman–Crippen LogP) is 3.89. The molecular formula is C25H17FN4O3. The van der Waals surface area contributed by atoms with Gasteiger partial charge in [-0.05, 0) is 48.5 Å². The molecule has 8 heteroatoms. The Morgan fingerprint density at radius 1 is 1.00 bits per heavy atom. The van der Waals surface area contributed by atoms with E-state index in [9.17, 15) is 19.1 Å². The van der Waals surface area contributed by atoms with E-state index in [1.165, 1.54) is 12.3 Å². The highest BCUT2D eigenvalue weighted by molar-refractivity contribution is 6.12. The second kappa shape index (κ2) is 8.16. The zero-order valence-corrected chi connectivity index (χ0v) is 17.2. The molecule has 3 heterocycles. The van der Waals surface area contributed by atoms with Crippen molar-refractivity contribution in [1.29, 1.82) is 0 Å². The lowest BCUT2D eigenvalue weighted by molar-refractivity contribution is 0.0951. The molecule has 0 unspecified atom stereocenters. The number of benzene rings is 2. The Morgan fingerprint density at radius 2 is 1.82 bits per heavy atom. The van der Waals surface area contributed by atoms with Gasteiger partial charge in [0.1, 0.15) is 11.6 Å². The number of rotatable bonds is 5. The highest BCUT2D eigenvalue weighted by Gasteiger charge is 2.21. The lowest BCUT2D eigenvalue weighted by atomic mass is 10.0. The van der Waals surface area contributed by atoms with E-state index in [0.29, 0.717) is 22.4 Å². The molecule has 2 aromatic carbocycles. The van der Waals surface area contributed by atoms with Crippen molar-refractivity contribution >= 4 is 28.4 Å². The maximum Gasteiger partial charge on any atom is 0.255 e. The Balaban J connectivity index is 1.63. The maximum atomic E-state index is 13.8. The van der Waals surface area contributed by atoms with Crippen LogP contribution in [0.5, 0.6) is 5.75 Å². The summed E-state index contributed by atoms with van der Waals surface area (Å²) in [5.74, 6) is -2.07. The van der Waals surface area contributed by atoms with Crippen LogP contribution in [0.25, 0.3) is 16.7 Å².